The molecule has 0 aromatic rings. The lowest BCUT2D eigenvalue weighted by Crippen LogP contribution is -2.46. The van der Waals surface area contributed by atoms with Crippen molar-refractivity contribution < 1.29 is 8.78 Å². The smallest absolute Gasteiger partial charge is 0.235 e. The van der Waals surface area contributed by atoms with Crippen LogP contribution in [0.25, 0.3) is 0 Å². The Kier molecular flexibility index (Phi) is 4.19. The van der Waals surface area contributed by atoms with Gasteiger partial charge in [-0.25, -0.2) is 4.90 Å². The Morgan fingerprint density at radius 2 is 2.14 bits per heavy atom. The minimum atomic E-state index is -2.94. The number of halogens is 2. The van der Waals surface area contributed by atoms with Crippen molar-refractivity contribution in [3.8, 4) is 0 Å². The highest BCUT2D eigenvalue weighted by Gasteiger charge is 2.37. The minimum absolute atomic E-state index is 0.363. The van der Waals surface area contributed by atoms with Gasteiger partial charge in [0.1, 0.15) is 0 Å². The number of hydrogen-bond donors (Lipinski definition) is 1. The summed E-state index contributed by atoms with van der Waals surface area (Å²) in [5.41, 5.74) is 0. The Morgan fingerprint density at radius 3 is 2.57 bits per heavy atom. The predicted octanol–water partition coefficient (Wildman–Crippen LogP) is 3.22. The zero-order valence-electron chi connectivity index (χ0n) is 8.84. The summed E-state index contributed by atoms with van der Waals surface area (Å²) in [7, 11) is 0. The third kappa shape index (κ3) is 3.09. The lowest BCUT2D eigenvalue weighted by atomic mass is 9.84. The zero-order chi connectivity index (χ0) is 10.8. The van der Waals surface area contributed by atoms with E-state index in [1.165, 1.54) is 4.90 Å². The monoisotopic (exact) mass is 223 g/mol. The summed E-state index contributed by atoms with van der Waals surface area (Å²) in [6, 6.07) is 0. The third-order valence-corrected chi connectivity index (χ3v) is 3.41. The highest BCUT2D eigenvalue weighted by molar-refractivity contribution is 7.81. The van der Waals surface area contributed by atoms with Gasteiger partial charge < -0.3 is 0 Å². The molecule has 1 rings (SSSR count). The van der Waals surface area contributed by atoms with Crippen molar-refractivity contribution in [2.24, 2.45) is 11.8 Å². The van der Waals surface area contributed by atoms with Gasteiger partial charge in [-0.2, -0.15) is 8.78 Å². The molecule has 4 heteroatoms. The normalized spacial score (nSPS) is 30.6. The van der Waals surface area contributed by atoms with Gasteiger partial charge in [0.2, 0.25) is 0 Å². The molecule has 1 aliphatic heterocycles. The van der Waals surface area contributed by atoms with Crippen LogP contribution in [0.3, 0.4) is 0 Å². The highest BCUT2D eigenvalue weighted by atomic mass is 32.1. The van der Waals surface area contributed by atoms with Crippen molar-refractivity contribution in [3.63, 3.8) is 0 Å². The molecule has 14 heavy (non-hydrogen) atoms. The van der Waals surface area contributed by atoms with Crippen molar-refractivity contribution >= 4 is 12.6 Å². The summed E-state index contributed by atoms with van der Waals surface area (Å²) >= 11 is 3.31. The second-order valence-electron chi connectivity index (χ2n) is 4.27. The van der Waals surface area contributed by atoms with E-state index in [1.807, 2.05) is 0 Å². The molecule has 2 unspecified atom stereocenters. The van der Waals surface area contributed by atoms with Crippen LogP contribution in [0.15, 0.2) is 0 Å². The Balaban J connectivity index is 2.46. The van der Waals surface area contributed by atoms with Crippen molar-refractivity contribution in [1.29, 1.82) is 0 Å². The molecule has 1 heterocycles. The van der Waals surface area contributed by atoms with Gasteiger partial charge in [-0.05, 0) is 18.3 Å². The molecule has 1 fully saturated rings. The highest BCUT2D eigenvalue weighted by Crippen LogP contribution is 2.33. The zero-order valence-corrected chi connectivity index (χ0v) is 9.74. The molecule has 0 aromatic heterocycles. The van der Waals surface area contributed by atoms with E-state index < -0.39 is 5.38 Å². The molecule has 1 saturated heterocycles. The van der Waals surface area contributed by atoms with Gasteiger partial charge in [0, 0.05) is 13.1 Å². The van der Waals surface area contributed by atoms with Crippen LogP contribution < -0.4 is 0 Å². The standard InChI is InChI=1S/C10H19F2NS/c1-3-4-9-5-6-13(7-8(9)2)10(11,12)14/h8-9,14H,3-7H2,1-2H3. The first kappa shape index (κ1) is 12.2. The largest absolute Gasteiger partial charge is 0.352 e. The van der Waals surface area contributed by atoms with Gasteiger partial charge in [0.05, 0.1) is 0 Å². The van der Waals surface area contributed by atoms with Crippen molar-refractivity contribution in [2.45, 2.75) is 38.5 Å². The fourth-order valence-electron chi connectivity index (χ4n) is 2.24. The molecular formula is C10H19F2NS. The first-order valence-corrected chi connectivity index (χ1v) is 5.75. The molecule has 1 nitrogen and oxygen atoms in total. The van der Waals surface area contributed by atoms with E-state index in [0.29, 0.717) is 24.9 Å². The van der Waals surface area contributed by atoms with Crippen LogP contribution >= 0.6 is 12.6 Å². The van der Waals surface area contributed by atoms with Gasteiger partial charge in [0.25, 0.3) is 0 Å². The van der Waals surface area contributed by atoms with Crippen LogP contribution in [0.2, 0.25) is 0 Å². The van der Waals surface area contributed by atoms with E-state index in [9.17, 15) is 8.78 Å². The molecule has 0 radical (unpaired) electrons. The molecule has 0 aromatic carbocycles. The van der Waals surface area contributed by atoms with E-state index in [4.69, 9.17) is 0 Å². The molecule has 84 valence electrons. The summed E-state index contributed by atoms with van der Waals surface area (Å²) < 4.78 is 25.8. The first-order valence-electron chi connectivity index (χ1n) is 5.30. The maximum absolute atomic E-state index is 12.9. The number of thiol groups is 1. The quantitative estimate of drug-likeness (QED) is 0.568. The van der Waals surface area contributed by atoms with Gasteiger partial charge in [-0.1, -0.05) is 39.3 Å². The van der Waals surface area contributed by atoms with E-state index in [-0.39, 0.29) is 0 Å². The minimum Gasteiger partial charge on any atom is -0.235 e. The number of likely N-dealkylation sites (tertiary alicyclic amines) is 1. The predicted molar refractivity (Wildman–Crippen MR) is 57.7 cm³/mol. The molecule has 0 N–H and O–H groups in total. The molecule has 0 saturated carbocycles. The fourth-order valence-corrected chi connectivity index (χ4v) is 2.42. The second kappa shape index (κ2) is 4.79. The lowest BCUT2D eigenvalue weighted by Gasteiger charge is -2.38. The number of hydrogen-bond acceptors (Lipinski definition) is 2. The van der Waals surface area contributed by atoms with Crippen LogP contribution in [0.1, 0.15) is 33.1 Å². The van der Waals surface area contributed by atoms with Crippen LogP contribution in [0.5, 0.6) is 0 Å². The average molecular weight is 223 g/mol. The fraction of sp³-hybridized carbons (Fsp3) is 1.00. The number of nitrogens with zero attached hydrogens (tertiary/aromatic N) is 1. The van der Waals surface area contributed by atoms with Crippen LogP contribution in [-0.2, 0) is 0 Å². The molecular weight excluding hydrogens is 204 g/mol. The van der Waals surface area contributed by atoms with Gasteiger partial charge in [-0.15, -0.1) is 0 Å². The molecule has 0 bridgehead atoms. The lowest BCUT2D eigenvalue weighted by molar-refractivity contribution is -0.0880. The van der Waals surface area contributed by atoms with E-state index in [1.54, 1.807) is 0 Å². The summed E-state index contributed by atoms with van der Waals surface area (Å²) in [6.45, 7) is 5.16. The Labute approximate surface area is 90.3 Å². The topological polar surface area (TPSA) is 3.24 Å². The molecule has 0 amide bonds. The number of piperidine rings is 1. The number of alkyl halides is 2. The molecule has 1 aliphatic rings. The Hall–Kier alpha value is 0.170. The van der Waals surface area contributed by atoms with Crippen LogP contribution in [-0.4, -0.2) is 23.4 Å². The second-order valence-corrected chi connectivity index (χ2v) is 4.81. The number of rotatable bonds is 3. The molecule has 2 atom stereocenters. The average Bonchev–Trinajstić information content (AvgIpc) is 2.07. The maximum Gasteiger partial charge on any atom is 0.352 e. The van der Waals surface area contributed by atoms with Crippen LogP contribution in [0.4, 0.5) is 8.78 Å². The van der Waals surface area contributed by atoms with Gasteiger partial charge in [0.15, 0.2) is 0 Å². The maximum atomic E-state index is 12.9. The summed E-state index contributed by atoms with van der Waals surface area (Å²) in [4.78, 5) is 1.17. The SMILES string of the molecule is CCCC1CCN(C(F)(F)S)CC1C. The summed E-state index contributed by atoms with van der Waals surface area (Å²) in [5.74, 6) is 0.980. The van der Waals surface area contributed by atoms with Crippen molar-refractivity contribution in [1.82, 2.24) is 4.90 Å². The molecule has 0 spiro atoms. The van der Waals surface area contributed by atoms with Gasteiger partial charge in [-0.3, -0.25) is 0 Å². The Bertz CT molecular complexity index is 181. The first-order chi connectivity index (χ1) is 6.45. The van der Waals surface area contributed by atoms with E-state index in [2.05, 4.69) is 26.5 Å². The van der Waals surface area contributed by atoms with Gasteiger partial charge >= 0.3 is 5.38 Å². The van der Waals surface area contributed by atoms with E-state index in [0.717, 1.165) is 19.3 Å². The van der Waals surface area contributed by atoms with E-state index >= 15 is 0 Å². The molecule has 0 aliphatic carbocycles. The van der Waals surface area contributed by atoms with Crippen LogP contribution in [0, 0.1) is 11.8 Å². The third-order valence-electron chi connectivity index (χ3n) is 3.12. The Morgan fingerprint density at radius 1 is 1.50 bits per heavy atom. The summed E-state index contributed by atoms with van der Waals surface area (Å²) in [5, 5.41) is -2.94. The summed E-state index contributed by atoms with van der Waals surface area (Å²) in [6.07, 6.45) is 3.19. The van der Waals surface area contributed by atoms with Crippen molar-refractivity contribution in [2.75, 3.05) is 13.1 Å². The van der Waals surface area contributed by atoms with Crippen molar-refractivity contribution in [3.05, 3.63) is 0 Å².